The van der Waals surface area contributed by atoms with Crippen molar-refractivity contribution in [2.24, 2.45) is 0 Å². The average molecular weight is 282 g/mol. The van der Waals surface area contributed by atoms with Crippen LogP contribution in [-0.2, 0) is 4.79 Å². The lowest BCUT2D eigenvalue weighted by atomic mass is 10.1. The molecule has 1 saturated heterocycles. The van der Waals surface area contributed by atoms with E-state index in [-0.39, 0.29) is 18.0 Å². The summed E-state index contributed by atoms with van der Waals surface area (Å²) in [4.78, 5) is 14.1. The molecule has 2 rings (SSSR count). The van der Waals surface area contributed by atoms with E-state index < -0.39 is 17.8 Å². The molecule has 110 valence electrons. The average Bonchev–Trinajstić information content (AvgIpc) is 2.72. The summed E-state index contributed by atoms with van der Waals surface area (Å²) in [6.45, 7) is 5.83. The number of carbonyl (C=O) groups excluding carboxylic acids is 1. The lowest BCUT2D eigenvalue weighted by molar-refractivity contribution is -0.132. The van der Waals surface area contributed by atoms with Gasteiger partial charge in [-0.2, -0.15) is 0 Å². The number of nitrogens with one attached hydrogen (secondary N) is 1. The van der Waals surface area contributed by atoms with Crippen LogP contribution in [0, 0.1) is 11.6 Å². The summed E-state index contributed by atoms with van der Waals surface area (Å²) in [5.74, 6) is -1.76. The molecule has 1 heterocycles. The van der Waals surface area contributed by atoms with Crippen LogP contribution >= 0.6 is 0 Å². The van der Waals surface area contributed by atoms with Crippen LogP contribution in [0.2, 0.25) is 0 Å². The molecule has 20 heavy (non-hydrogen) atoms. The molecule has 0 aliphatic carbocycles. The number of hydrogen-bond donors (Lipinski definition) is 1. The second kappa shape index (κ2) is 5.87. The molecule has 0 saturated carbocycles. The molecule has 2 unspecified atom stereocenters. The van der Waals surface area contributed by atoms with Gasteiger partial charge in [0.25, 0.3) is 0 Å². The molecule has 0 aromatic heterocycles. The van der Waals surface area contributed by atoms with Crippen molar-refractivity contribution in [3.8, 4) is 0 Å². The Morgan fingerprint density at radius 1 is 1.25 bits per heavy atom. The lowest BCUT2D eigenvalue weighted by Crippen LogP contribution is -2.39. The van der Waals surface area contributed by atoms with Gasteiger partial charge < -0.3 is 4.90 Å². The van der Waals surface area contributed by atoms with E-state index in [1.165, 1.54) is 6.07 Å². The minimum absolute atomic E-state index is 0.00781. The van der Waals surface area contributed by atoms with Crippen molar-refractivity contribution < 1.29 is 13.6 Å². The summed E-state index contributed by atoms with van der Waals surface area (Å²) in [5, 5.41) is 3.15. The maximum atomic E-state index is 13.4. The maximum Gasteiger partial charge on any atom is 0.241 e. The van der Waals surface area contributed by atoms with E-state index in [0.29, 0.717) is 5.56 Å². The van der Waals surface area contributed by atoms with Crippen molar-refractivity contribution >= 4 is 5.91 Å². The fraction of sp³-hybridized carbons (Fsp3) is 0.533. The summed E-state index contributed by atoms with van der Waals surface area (Å²) in [5.41, 5.74) is 0.577. The standard InChI is InChI=1S/C15H20F2N2O/c1-4-11(5-2)19-14(18-9(3)15(19)20)10-6-7-12(16)13(17)8-10/h6-9,11,14,18H,4-5H2,1-3H3. The molecule has 1 aliphatic heterocycles. The van der Waals surface area contributed by atoms with E-state index in [4.69, 9.17) is 0 Å². The van der Waals surface area contributed by atoms with Gasteiger partial charge in [0.15, 0.2) is 11.6 Å². The number of hydrogen-bond acceptors (Lipinski definition) is 2. The first kappa shape index (κ1) is 14.9. The number of benzene rings is 1. The molecule has 0 spiro atoms. The molecular formula is C15H20F2N2O. The first-order valence-corrected chi connectivity index (χ1v) is 7.02. The minimum Gasteiger partial charge on any atom is -0.319 e. The van der Waals surface area contributed by atoms with Crippen molar-refractivity contribution in [1.29, 1.82) is 0 Å². The Hall–Kier alpha value is -1.49. The van der Waals surface area contributed by atoms with Gasteiger partial charge in [0.2, 0.25) is 5.91 Å². The molecule has 1 aliphatic rings. The Labute approximate surface area is 118 Å². The molecule has 0 bridgehead atoms. The molecule has 1 N–H and O–H groups in total. The largest absolute Gasteiger partial charge is 0.319 e. The van der Waals surface area contributed by atoms with Gasteiger partial charge in [-0.25, -0.2) is 8.78 Å². The Morgan fingerprint density at radius 2 is 1.90 bits per heavy atom. The van der Waals surface area contributed by atoms with Crippen molar-refractivity contribution in [1.82, 2.24) is 10.2 Å². The third-order valence-corrected chi connectivity index (χ3v) is 3.91. The normalized spacial score (nSPS) is 22.9. The fourth-order valence-corrected chi connectivity index (χ4v) is 2.75. The molecule has 0 radical (unpaired) electrons. The van der Waals surface area contributed by atoms with Crippen molar-refractivity contribution in [3.63, 3.8) is 0 Å². The number of carbonyl (C=O) groups is 1. The highest BCUT2D eigenvalue weighted by molar-refractivity contribution is 5.84. The van der Waals surface area contributed by atoms with Gasteiger partial charge in [-0.1, -0.05) is 19.9 Å². The quantitative estimate of drug-likeness (QED) is 0.921. The molecule has 1 amide bonds. The highest BCUT2D eigenvalue weighted by Crippen LogP contribution is 2.30. The fourth-order valence-electron chi connectivity index (χ4n) is 2.75. The van der Waals surface area contributed by atoms with Crippen molar-refractivity contribution in [2.45, 2.75) is 51.9 Å². The van der Waals surface area contributed by atoms with E-state index in [0.717, 1.165) is 25.0 Å². The SMILES string of the molecule is CCC(CC)N1C(=O)C(C)NC1c1ccc(F)c(F)c1. The molecule has 5 heteroatoms. The van der Waals surface area contributed by atoms with Crippen LogP contribution in [-0.4, -0.2) is 22.9 Å². The lowest BCUT2D eigenvalue weighted by Gasteiger charge is -2.32. The van der Waals surface area contributed by atoms with Crippen molar-refractivity contribution in [2.75, 3.05) is 0 Å². The Kier molecular flexibility index (Phi) is 4.38. The highest BCUT2D eigenvalue weighted by atomic mass is 19.2. The monoisotopic (exact) mass is 282 g/mol. The number of rotatable bonds is 4. The molecule has 1 aromatic carbocycles. The van der Waals surface area contributed by atoms with Gasteiger partial charge in [-0.3, -0.25) is 10.1 Å². The van der Waals surface area contributed by atoms with Crippen LogP contribution < -0.4 is 5.32 Å². The zero-order valence-corrected chi connectivity index (χ0v) is 12.0. The predicted octanol–water partition coefficient (Wildman–Crippen LogP) is 2.97. The van der Waals surface area contributed by atoms with Crippen LogP contribution in [0.15, 0.2) is 18.2 Å². The summed E-state index contributed by atoms with van der Waals surface area (Å²) in [7, 11) is 0. The number of amides is 1. The number of halogens is 2. The molecule has 1 fully saturated rings. The van der Waals surface area contributed by atoms with Gasteiger partial charge >= 0.3 is 0 Å². The zero-order chi connectivity index (χ0) is 14.9. The van der Waals surface area contributed by atoms with Crippen LogP contribution in [0.4, 0.5) is 8.78 Å². The van der Waals surface area contributed by atoms with Gasteiger partial charge in [0.1, 0.15) is 6.17 Å². The zero-order valence-electron chi connectivity index (χ0n) is 12.0. The van der Waals surface area contributed by atoms with Gasteiger partial charge in [0, 0.05) is 6.04 Å². The second-order valence-electron chi connectivity index (χ2n) is 5.18. The van der Waals surface area contributed by atoms with E-state index in [1.807, 2.05) is 13.8 Å². The number of nitrogens with zero attached hydrogens (tertiary/aromatic N) is 1. The van der Waals surface area contributed by atoms with Crippen LogP contribution in [0.3, 0.4) is 0 Å². The Morgan fingerprint density at radius 3 is 2.45 bits per heavy atom. The Bertz CT molecular complexity index is 503. The molecule has 1 aromatic rings. The second-order valence-corrected chi connectivity index (χ2v) is 5.18. The first-order valence-electron chi connectivity index (χ1n) is 7.02. The highest BCUT2D eigenvalue weighted by Gasteiger charge is 2.40. The predicted molar refractivity (Wildman–Crippen MR) is 72.9 cm³/mol. The van der Waals surface area contributed by atoms with E-state index in [2.05, 4.69) is 5.32 Å². The Balaban J connectivity index is 2.37. The van der Waals surface area contributed by atoms with E-state index in [1.54, 1.807) is 11.8 Å². The van der Waals surface area contributed by atoms with E-state index in [9.17, 15) is 13.6 Å². The third kappa shape index (κ3) is 2.54. The summed E-state index contributed by atoms with van der Waals surface area (Å²) >= 11 is 0. The topological polar surface area (TPSA) is 32.3 Å². The minimum atomic E-state index is -0.888. The molecule has 3 nitrogen and oxygen atoms in total. The molecular weight excluding hydrogens is 262 g/mol. The van der Waals surface area contributed by atoms with Gasteiger partial charge in [-0.15, -0.1) is 0 Å². The van der Waals surface area contributed by atoms with Crippen LogP contribution in [0.1, 0.15) is 45.3 Å². The van der Waals surface area contributed by atoms with Gasteiger partial charge in [0.05, 0.1) is 6.04 Å². The third-order valence-electron chi connectivity index (χ3n) is 3.91. The van der Waals surface area contributed by atoms with Crippen LogP contribution in [0.5, 0.6) is 0 Å². The van der Waals surface area contributed by atoms with Crippen molar-refractivity contribution in [3.05, 3.63) is 35.4 Å². The van der Waals surface area contributed by atoms with Crippen LogP contribution in [0.25, 0.3) is 0 Å². The summed E-state index contributed by atoms with van der Waals surface area (Å²) in [6.07, 6.45) is 1.27. The van der Waals surface area contributed by atoms with Gasteiger partial charge in [-0.05, 0) is 37.5 Å². The molecule has 2 atom stereocenters. The summed E-state index contributed by atoms with van der Waals surface area (Å²) < 4.78 is 26.5. The van der Waals surface area contributed by atoms with E-state index >= 15 is 0 Å². The smallest absolute Gasteiger partial charge is 0.241 e. The summed E-state index contributed by atoms with van der Waals surface area (Å²) in [6, 6.07) is 3.57. The first-order chi connectivity index (χ1) is 9.49. The maximum absolute atomic E-state index is 13.4.